The zero-order valence-electron chi connectivity index (χ0n) is 11.5. The molecule has 0 aliphatic carbocycles. The van der Waals surface area contributed by atoms with Gasteiger partial charge in [0.15, 0.2) is 5.69 Å². The Balaban J connectivity index is 2.40. The van der Waals surface area contributed by atoms with Crippen molar-refractivity contribution in [2.24, 2.45) is 0 Å². The summed E-state index contributed by atoms with van der Waals surface area (Å²) in [5, 5.41) is 15.1. The van der Waals surface area contributed by atoms with Gasteiger partial charge in [-0.3, -0.25) is 5.10 Å². The molecule has 112 valence electrons. The lowest BCUT2D eigenvalue weighted by Gasteiger charge is -2.20. The van der Waals surface area contributed by atoms with Gasteiger partial charge in [-0.25, -0.2) is 13.2 Å². The third kappa shape index (κ3) is 2.69. The first-order valence-corrected chi connectivity index (χ1v) is 7.75. The fourth-order valence-corrected chi connectivity index (χ4v) is 4.03. The Morgan fingerprint density at radius 1 is 1.30 bits per heavy atom. The summed E-state index contributed by atoms with van der Waals surface area (Å²) >= 11 is 0. The van der Waals surface area contributed by atoms with Crippen molar-refractivity contribution >= 4 is 16.0 Å². The van der Waals surface area contributed by atoms with E-state index in [0.29, 0.717) is 19.6 Å². The van der Waals surface area contributed by atoms with Gasteiger partial charge in [0.05, 0.1) is 5.69 Å². The molecule has 2 N–H and O–H groups in total. The summed E-state index contributed by atoms with van der Waals surface area (Å²) in [6.45, 7) is 3.69. The first kappa shape index (κ1) is 14.9. The molecule has 1 aromatic heterocycles. The predicted molar refractivity (Wildman–Crippen MR) is 71.2 cm³/mol. The Hall–Kier alpha value is -1.45. The standard InChI is InChI=1S/C11H18N4O4S/c1-8-10(9(11(16)17)13-12-8)20(18,19)15-5-3-4-14(2)6-7-15/h3-7H2,1-2H3,(H,12,13)(H,16,17). The van der Waals surface area contributed by atoms with Gasteiger partial charge in [-0.15, -0.1) is 0 Å². The third-order valence-electron chi connectivity index (χ3n) is 3.37. The van der Waals surface area contributed by atoms with Crippen LogP contribution >= 0.6 is 0 Å². The number of carboxylic acid groups (broad SMARTS) is 1. The number of carbonyl (C=O) groups is 1. The predicted octanol–water partition coefficient (Wildman–Crippen LogP) is -0.257. The summed E-state index contributed by atoms with van der Waals surface area (Å²) < 4.78 is 26.6. The lowest BCUT2D eigenvalue weighted by atomic mass is 10.4. The second-order valence-electron chi connectivity index (χ2n) is 4.89. The topological polar surface area (TPSA) is 107 Å². The van der Waals surface area contributed by atoms with E-state index in [0.717, 1.165) is 13.0 Å². The highest BCUT2D eigenvalue weighted by molar-refractivity contribution is 7.89. The summed E-state index contributed by atoms with van der Waals surface area (Å²) in [5.74, 6) is -1.35. The van der Waals surface area contributed by atoms with Crippen LogP contribution in [0.2, 0.25) is 0 Å². The van der Waals surface area contributed by atoms with Crippen molar-refractivity contribution in [3.63, 3.8) is 0 Å². The first-order valence-electron chi connectivity index (χ1n) is 6.31. The molecule has 9 heteroatoms. The molecule has 1 fully saturated rings. The van der Waals surface area contributed by atoms with Crippen molar-refractivity contribution in [2.45, 2.75) is 18.2 Å². The molecule has 0 saturated carbocycles. The lowest BCUT2D eigenvalue weighted by Crippen LogP contribution is -2.35. The minimum Gasteiger partial charge on any atom is -0.476 e. The molecule has 0 atom stereocenters. The number of sulfonamides is 1. The number of hydrogen-bond donors (Lipinski definition) is 2. The van der Waals surface area contributed by atoms with Crippen molar-refractivity contribution in [1.82, 2.24) is 19.4 Å². The van der Waals surface area contributed by atoms with E-state index >= 15 is 0 Å². The van der Waals surface area contributed by atoms with Gasteiger partial charge in [-0.05, 0) is 26.9 Å². The Morgan fingerprint density at radius 2 is 2.00 bits per heavy atom. The lowest BCUT2D eigenvalue weighted by molar-refractivity contribution is 0.0686. The number of rotatable bonds is 3. The van der Waals surface area contributed by atoms with Crippen LogP contribution in [0.15, 0.2) is 4.90 Å². The van der Waals surface area contributed by atoms with E-state index in [4.69, 9.17) is 5.11 Å². The minimum atomic E-state index is -3.84. The molecule has 0 aromatic carbocycles. The SMILES string of the molecule is Cc1[nH]nc(C(=O)O)c1S(=O)(=O)N1CCCN(C)CC1. The fourth-order valence-electron chi connectivity index (χ4n) is 2.27. The molecule has 0 bridgehead atoms. The maximum atomic E-state index is 12.6. The smallest absolute Gasteiger partial charge is 0.357 e. The van der Waals surface area contributed by atoms with E-state index in [9.17, 15) is 13.2 Å². The quantitative estimate of drug-likeness (QED) is 0.797. The number of aromatic amines is 1. The zero-order chi connectivity index (χ0) is 14.9. The summed E-state index contributed by atoms with van der Waals surface area (Å²) in [6, 6.07) is 0. The molecule has 1 aromatic rings. The molecule has 0 spiro atoms. The van der Waals surface area contributed by atoms with Crippen molar-refractivity contribution in [2.75, 3.05) is 33.2 Å². The van der Waals surface area contributed by atoms with Gasteiger partial charge in [0.1, 0.15) is 4.90 Å². The Kier molecular flexibility index (Phi) is 4.11. The number of aromatic carboxylic acids is 1. The second kappa shape index (κ2) is 5.51. The fraction of sp³-hybridized carbons (Fsp3) is 0.636. The van der Waals surface area contributed by atoms with E-state index < -0.39 is 21.7 Å². The monoisotopic (exact) mass is 302 g/mol. The van der Waals surface area contributed by atoms with Crippen molar-refractivity contribution in [1.29, 1.82) is 0 Å². The molecular formula is C11H18N4O4S. The van der Waals surface area contributed by atoms with Crippen molar-refractivity contribution < 1.29 is 18.3 Å². The molecule has 2 heterocycles. The summed E-state index contributed by atoms with van der Waals surface area (Å²) in [5.41, 5.74) is -0.194. The molecule has 2 rings (SSSR count). The van der Waals surface area contributed by atoms with Gasteiger partial charge < -0.3 is 10.0 Å². The highest BCUT2D eigenvalue weighted by Crippen LogP contribution is 2.23. The van der Waals surface area contributed by atoms with Crippen LogP contribution in [0.5, 0.6) is 0 Å². The summed E-state index contributed by atoms with van der Waals surface area (Å²) in [7, 11) is -1.91. The molecule has 1 aliphatic rings. The van der Waals surface area contributed by atoms with Gasteiger partial charge in [0.25, 0.3) is 0 Å². The number of aryl methyl sites for hydroxylation is 1. The van der Waals surface area contributed by atoms with E-state index in [2.05, 4.69) is 15.1 Å². The molecule has 0 amide bonds. The third-order valence-corrected chi connectivity index (χ3v) is 5.43. The zero-order valence-corrected chi connectivity index (χ0v) is 12.3. The number of carboxylic acids is 1. The van der Waals surface area contributed by atoms with Gasteiger partial charge in [0, 0.05) is 19.6 Å². The molecule has 1 aliphatic heterocycles. The van der Waals surface area contributed by atoms with Crippen LogP contribution in [0, 0.1) is 6.92 Å². The Morgan fingerprint density at radius 3 is 2.65 bits per heavy atom. The van der Waals surface area contributed by atoms with Crippen molar-refractivity contribution in [3.8, 4) is 0 Å². The molecule has 20 heavy (non-hydrogen) atoms. The van der Waals surface area contributed by atoms with Crippen molar-refractivity contribution in [3.05, 3.63) is 11.4 Å². The van der Waals surface area contributed by atoms with Crippen LogP contribution in [0.25, 0.3) is 0 Å². The van der Waals surface area contributed by atoms with E-state index in [1.54, 1.807) is 0 Å². The molecule has 8 nitrogen and oxygen atoms in total. The van der Waals surface area contributed by atoms with Crippen LogP contribution in [-0.2, 0) is 10.0 Å². The number of nitrogens with zero attached hydrogens (tertiary/aromatic N) is 3. The Bertz CT molecular complexity index is 610. The van der Waals surface area contributed by atoms with Gasteiger partial charge in [-0.1, -0.05) is 0 Å². The van der Waals surface area contributed by atoms with Gasteiger partial charge >= 0.3 is 5.97 Å². The van der Waals surface area contributed by atoms with E-state index in [1.807, 2.05) is 7.05 Å². The van der Waals surface area contributed by atoms with Gasteiger partial charge in [-0.2, -0.15) is 9.40 Å². The van der Waals surface area contributed by atoms with Crippen LogP contribution in [-0.4, -0.2) is 72.1 Å². The normalized spacial score (nSPS) is 18.9. The maximum Gasteiger partial charge on any atom is 0.357 e. The average molecular weight is 302 g/mol. The minimum absolute atomic E-state index is 0.227. The van der Waals surface area contributed by atoms with Crippen LogP contribution in [0.4, 0.5) is 0 Å². The van der Waals surface area contributed by atoms with E-state index in [-0.39, 0.29) is 10.6 Å². The number of H-pyrrole nitrogens is 1. The summed E-state index contributed by atoms with van der Waals surface area (Å²) in [4.78, 5) is 12.9. The maximum absolute atomic E-state index is 12.6. The Labute approximate surface area is 117 Å². The second-order valence-corrected chi connectivity index (χ2v) is 6.77. The molecular weight excluding hydrogens is 284 g/mol. The van der Waals surface area contributed by atoms with Crippen LogP contribution in [0.1, 0.15) is 22.6 Å². The highest BCUT2D eigenvalue weighted by Gasteiger charge is 2.33. The molecule has 1 saturated heterocycles. The molecule has 0 radical (unpaired) electrons. The highest BCUT2D eigenvalue weighted by atomic mass is 32.2. The number of nitrogens with one attached hydrogen (secondary N) is 1. The van der Waals surface area contributed by atoms with Crippen LogP contribution in [0.3, 0.4) is 0 Å². The first-order chi connectivity index (χ1) is 9.34. The molecule has 0 unspecified atom stereocenters. The number of aromatic nitrogens is 2. The number of likely N-dealkylation sites (N-methyl/N-ethyl adjacent to an activating group) is 1. The largest absolute Gasteiger partial charge is 0.476 e. The van der Waals surface area contributed by atoms with Gasteiger partial charge in [0.2, 0.25) is 10.0 Å². The average Bonchev–Trinajstić information content (AvgIpc) is 2.62. The van der Waals surface area contributed by atoms with E-state index in [1.165, 1.54) is 11.2 Å². The number of hydrogen-bond acceptors (Lipinski definition) is 5. The van der Waals surface area contributed by atoms with Crippen LogP contribution < -0.4 is 0 Å². The summed E-state index contributed by atoms with van der Waals surface area (Å²) in [6.07, 6.45) is 0.717.